The van der Waals surface area contributed by atoms with Crippen LogP contribution in [0.3, 0.4) is 0 Å². The minimum absolute atomic E-state index is 0.141. The molecule has 15 heavy (non-hydrogen) atoms. The molecule has 3 nitrogen and oxygen atoms in total. The van der Waals surface area contributed by atoms with E-state index in [1.165, 1.54) is 5.56 Å². The number of hydrogen-bond donors (Lipinski definition) is 2. The first-order valence-corrected chi connectivity index (χ1v) is 5.33. The van der Waals surface area contributed by atoms with E-state index in [-0.39, 0.29) is 5.92 Å². The molecule has 1 unspecified atom stereocenters. The predicted molar refractivity (Wildman–Crippen MR) is 60.5 cm³/mol. The molecule has 1 aliphatic rings. The third kappa shape index (κ3) is 2.57. The molecule has 1 aromatic rings. The third-order valence-corrected chi connectivity index (χ3v) is 2.86. The Morgan fingerprint density at radius 3 is 2.73 bits per heavy atom. The Morgan fingerprint density at radius 1 is 1.33 bits per heavy atom. The second kappa shape index (κ2) is 4.45. The maximum Gasteiger partial charge on any atom is 0.138 e. The average molecular weight is 204 g/mol. The number of anilines is 1. The quantitative estimate of drug-likeness (QED) is 0.706. The van der Waals surface area contributed by atoms with Gasteiger partial charge in [-0.1, -0.05) is 12.1 Å². The standard InChI is InChI=1S/C12H16N2O/c13-11-3-1-9(2-4-11)7-10-8-14-6-5-12(10)15/h1-4,10,14H,5-8,13H2. The van der Waals surface area contributed by atoms with Crippen molar-refractivity contribution >= 4 is 11.5 Å². The smallest absolute Gasteiger partial charge is 0.138 e. The van der Waals surface area contributed by atoms with Gasteiger partial charge in [-0.15, -0.1) is 0 Å². The summed E-state index contributed by atoms with van der Waals surface area (Å²) < 4.78 is 0. The summed E-state index contributed by atoms with van der Waals surface area (Å²) in [4.78, 5) is 11.6. The molecule has 1 aromatic carbocycles. The van der Waals surface area contributed by atoms with Crippen molar-refractivity contribution in [3.8, 4) is 0 Å². The van der Waals surface area contributed by atoms with Gasteiger partial charge in [0, 0.05) is 31.1 Å². The molecule has 0 radical (unpaired) electrons. The van der Waals surface area contributed by atoms with Crippen LogP contribution in [0.25, 0.3) is 0 Å². The number of Topliss-reactive ketones (excluding diaryl/α,β-unsaturated/α-hetero) is 1. The first-order valence-electron chi connectivity index (χ1n) is 5.33. The fraction of sp³-hybridized carbons (Fsp3) is 0.417. The number of carbonyl (C=O) groups excluding carboxylic acids is 1. The normalized spacial score (nSPS) is 21.6. The van der Waals surface area contributed by atoms with Crippen LogP contribution in [0.4, 0.5) is 5.69 Å². The van der Waals surface area contributed by atoms with E-state index < -0.39 is 0 Å². The van der Waals surface area contributed by atoms with Crippen LogP contribution < -0.4 is 11.1 Å². The van der Waals surface area contributed by atoms with Crippen LogP contribution >= 0.6 is 0 Å². The first kappa shape index (κ1) is 10.2. The number of piperidine rings is 1. The largest absolute Gasteiger partial charge is 0.399 e. The molecule has 0 aromatic heterocycles. The third-order valence-electron chi connectivity index (χ3n) is 2.86. The molecular formula is C12H16N2O. The molecule has 1 atom stereocenters. The Kier molecular flexibility index (Phi) is 3.02. The van der Waals surface area contributed by atoms with Gasteiger partial charge in [0.1, 0.15) is 5.78 Å². The van der Waals surface area contributed by atoms with Gasteiger partial charge in [-0.05, 0) is 24.1 Å². The molecule has 0 amide bonds. The van der Waals surface area contributed by atoms with Gasteiger partial charge >= 0.3 is 0 Å². The number of nitrogens with two attached hydrogens (primary N) is 1. The van der Waals surface area contributed by atoms with Gasteiger partial charge in [-0.25, -0.2) is 0 Å². The number of ketones is 1. The molecule has 0 bridgehead atoms. The van der Waals surface area contributed by atoms with Gasteiger partial charge < -0.3 is 11.1 Å². The van der Waals surface area contributed by atoms with Crippen molar-refractivity contribution in [2.45, 2.75) is 12.8 Å². The Balaban J connectivity index is 2.01. The second-order valence-electron chi connectivity index (χ2n) is 4.06. The maximum atomic E-state index is 11.6. The molecule has 1 heterocycles. The Morgan fingerprint density at radius 2 is 2.07 bits per heavy atom. The zero-order valence-corrected chi connectivity index (χ0v) is 8.70. The lowest BCUT2D eigenvalue weighted by molar-refractivity contribution is -0.123. The average Bonchev–Trinajstić information content (AvgIpc) is 2.25. The lowest BCUT2D eigenvalue weighted by Crippen LogP contribution is -2.37. The van der Waals surface area contributed by atoms with Crippen LogP contribution in [-0.2, 0) is 11.2 Å². The number of nitrogens with one attached hydrogen (secondary N) is 1. The molecule has 1 fully saturated rings. The summed E-state index contributed by atoms with van der Waals surface area (Å²) in [7, 11) is 0. The highest BCUT2D eigenvalue weighted by Crippen LogP contribution is 2.14. The second-order valence-corrected chi connectivity index (χ2v) is 4.06. The van der Waals surface area contributed by atoms with Crippen LogP contribution in [0.2, 0.25) is 0 Å². The van der Waals surface area contributed by atoms with E-state index in [1.807, 2.05) is 24.3 Å². The van der Waals surface area contributed by atoms with Crippen LogP contribution in [0.5, 0.6) is 0 Å². The van der Waals surface area contributed by atoms with E-state index in [9.17, 15) is 4.79 Å². The Hall–Kier alpha value is -1.35. The van der Waals surface area contributed by atoms with Crippen molar-refractivity contribution in [1.29, 1.82) is 0 Å². The summed E-state index contributed by atoms with van der Waals surface area (Å²) in [5.74, 6) is 0.521. The highest BCUT2D eigenvalue weighted by atomic mass is 16.1. The summed E-state index contributed by atoms with van der Waals surface area (Å²) >= 11 is 0. The molecule has 0 aliphatic carbocycles. The minimum Gasteiger partial charge on any atom is -0.399 e. The molecule has 3 heteroatoms. The molecule has 0 spiro atoms. The molecule has 1 aliphatic heterocycles. The summed E-state index contributed by atoms with van der Waals surface area (Å²) in [6, 6.07) is 7.76. The van der Waals surface area contributed by atoms with Crippen LogP contribution in [0.1, 0.15) is 12.0 Å². The van der Waals surface area contributed by atoms with Crippen LogP contribution in [-0.4, -0.2) is 18.9 Å². The molecule has 2 rings (SSSR count). The molecule has 0 saturated carbocycles. The van der Waals surface area contributed by atoms with Crippen molar-refractivity contribution in [3.63, 3.8) is 0 Å². The fourth-order valence-electron chi connectivity index (χ4n) is 1.93. The van der Waals surface area contributed by atoms with Crippen molar-refractivity contribution in [1.82, 2.24) is 5.32 Å². The van der Waals surface area contributed by atoms with Crippen molar-refractivity contribution < 1.29 is 4.79 Å². The lowest BCUT2D eigenvalue weighted by atomic mass is 9.91. The number of benzene rings is 1. The fourth-order valence-corrected chi connectivity index (χ4v) is 1.93. The van der Waals surface area contributed by atoms with Gasteiger partial charge in [-0.2, -0.15) is 0 Å². The van der Waals surface area contributed by atoms with Gasteiger partial charge in [-0.3, -0.25) is 4.79 Å². The van der Waals surface area contributed by atoms with Gasteiger partial charge in [0.15, 0.2) is 0 Å². The summed E-state index contributed by atoms with van der Waals surface area (Å²) in [6.45, 7) is 1.64. The van der Waals surface area contributed by atoms with Crippen molar-refractivity contribution in [2.24, 2.45) is 5.92 Å². The topological polar surface area (TPSA) is 55.1 Å². The number of carbonyl (C=O) groups is 1. The SMILES string of the molecule is Nc1ccc(CC2CNCCC2=O)cc1. The Bertz CT molecular complexity index is 345. The zero-order chi connectivity index (χ0) is 10.7. The first-order chi connectivity index (χ1) is 7.25. The minimum atomic E-state index is 0.141. The Labute approximate surface area is 89.7 Å². The van der Waals surface area contributed by atoms with Gasteiger partial charge in [0.2, 0.25) is 0 Å². The molecular weight excluding hydrogens is 188 g/mol. The van der Waals surface area contributed by atoms with Gasteiger partial charge in [0.05, 0.1) is 0 Å². The highest BCUT2D eigenvalue weighted by molar-refractivity contribution is 5.82. The van der Waals surface area contributed by atoms with Crippen LogP contribution in [0, 0.1) is 5.92 Å². The number of nitrogen functional groups attached to an aromatic ring is 1. The predicted octanol–water partition coefficient (Wildman–Crippen LogP) is 0.990. The maximum absolute atomic E-state index is 11.6. The van der Waals surface area contributed by atoms with Crippen molar-refractivity contribution in [2.75, 3.05) is 18.8 Å². The highest BCUT2D eigenvalue weighted by Gasteiger charge is 2.21. The van der Waals surface area contributed by atoms with E-state index in [2.05, 4.69) is 5.32 Å². The molecule has 1 saturated heterocycles. The van der Waals surface area contributed by atoms with E-state index in [1.54, 1.807) is 0 Å². The molecule has 3 N–H and O–H groups in total. The van der Waals surface area contributed by atoms with E-state index >= 15 is 0 Å². The van der Waals surface area contributed by atoms with E-state index in [0.29, 0.717) is 12.2 Å². The summed E-state index contributed by atoms with van der Waals surface area (Å²) in [6.07, 6.45) is 1.49. The van der Waals surface area contributed by atoms with Gasteiger partial charge in [0.25, 0.3) is 0 Å². The lowest BCUT2D eigenvalue weighted by Gasteiger charge is -2.21. The van der Waals surface area contributed by atoms with Crippen molar-refractivity contribution in [3.05, 3.63) is 29.8 Å². The monoisotopic (exact) mass is 204 g/mol. The summed E-state index contributed by atoms with van der Waals surface area (Å²) in [5.41, 5.74) is 7.56. The van der Waals surface area contributed by atoms with E-state index in [4.69, 9.17) is 5.73 Å². The van der Waals surface area contributed by atoms with Crippen LogP contribution in [0.15, 0.2) is 24.3 Å². The number of rotatable bonds is 2. The zero-order valence-electron chi connectivity index (χ0n) is 8.70. The summed E-state index contributed by atoms with van der Waals surface area (Å²) in [5, 5.41) is 3.25. The van der Waals surface area contributed by atoms with E-state index in [0.717, 1.165) is 25.2 Å². The molecule has 80 valence electrons. The number of hydrogen-bond acceptors (Lipinski definition) is 3.